The molecule has 0 radical (unpaired) electrons. The normalized spacial score (nSPS) is 12.4. The van der Waals surface area contributed by atoms with E-state index in [2.05, 4.69) is 10.1 Å². The van der Waals surface area contributed by atoms with Crippen LogP contribution in [0.5, 0.6) is 5.75 Å². The van der Waals surface area contributed by atoms with Crippen LogP contribution in [-0.4, -0.2) is 6.61 Å². The maximum absolute atomic E-state index is 12.1. The third-order valence-electron chi connectivity index (χ3n) is 3.13. The topological polar surface area (TPSA) is 21.3 Å². The number of benzene rings is 2. The lowest BCUT2D eigenvalue weighted by molar-refractivity contribution is -0.0498. The summed E-state index contributed by atoms with van der Waals surface area (Å²) in [6.45, 7) is -0.161. The largest absolute Gasteiger partial charge is 0.435 e. The van der Waals surface area contributed by atoms with Crippen molar-refractivity contribution >= 4 is 11.6 Å². The number of nitrogens with one attached hydrogen (secondary N) is 1. The van der Waals surface area contributed by atoms with Crippen molar-refractivity contribution < 1.29 is 13.5 Å². The molecule has 2 nitrogen and oxygen atoms in total. The number of hydrogen-bond donors (Lipinski definition) is 1. The van der Waals surface area contributed by atoms with Gasteiger partial charge in [0.2, 0.25) is 0 Å². The van der Waals surface area contributed by atoms with Crippen LogP contribution >= 0.6 is 11.6 Å². The number of hydrogen-bond acceptors (Lipinski definition) is 2. The first-order valence-corrected chi connectivity index (χ1v) is 6.95. The number of rotatable bonds is 6. The SMILES string of the molecule is C[C@H](NCc1ccc(OC(F)F)cc1)c1ccccc1Cl. The van der Waals surface area contributed by atoms with E-state index in [9.17, 15) is 8.78 Å². The van der Waals surface area contributed by atoms with Crippen molar-refractivity contribution in [2.45, 2.75) is 26.1 Å². The summed E-state index contributed by atoms with van der Waals surface area (Å²) in [5, 5.41) is 4.06. The molecule has 0 saturated heterocycles. The van der Waals surface area contributed by atoms with Gasteiger partial charge in [-0.2, -0.15) is 8.78 Å². The average Bonchev–Trinajstić information content (AvgIpc) is 2.46. The van der Waals surface area contributed by atoms with Crippen LogP contribution in [0.4, 0.5) is 8.78 Å². The minimum Gasteiger partial charge on any atom is -0.435 e. The molecule has 2 aromatic rings. The minimum atomic E-state index is -2.80. The molecular weight excluding hydrogens is 296 g/mol. The Morgan fingerprint density at radius 3 is 2.38 bits per heavy atom. The van der Waals surface area contributed by atoms with Gasteiger partial charge in [0, 0.05) is 17.6 Å². The lowest BCUT2D eigenvalue weighted by Crippen LogP contribution is -2.18. The third kappa shape index (κ3) is 4.69. The molecule has 5 heteroatoms. The van der Waals surface area contributed by atoms with Crippen LogP contribution in [-0.2, 0) is 6.54 Å². The van der Waals surface area contributed by atoms with E-state index < -0.39 is 6.61 Å². The summed E-state index contributed by atoms with van der Waals surface area (Å²) in [4.78, 5) is 0. The maximum Gasteiger partial charge on any atom is 0.387 e. The zero-order chi connectivity index (χ0) is 15.2. The first-order chi connectivity index (χ1) is 10.1. The highest BCUT2D eigenvalue weighted by Gasteiger charge is 2.08. The highest BCUT2D eigenvalue weighted by molar-refractivity contribution is 6.31. The van der Waals surface area contributed by atoms with Crippen LogP contribution in [0, 0.1) is 0 Å². The third-order valence-corrected chi connectivity index (χ3v) is 3.48. The van der Waals surface area contributed by atoms with E-state index >= 15 is 0 Å². The zero-order valence-electron chi connectivity index (χ0n) is 11.5. The molecule has 0 aromatic heterocycles. The predicted octanol–water partition coefficient (Wildman–Crippen LogP) is 4.79. The highest BCUT2D eigenvalue weighted by atomic mass is 35.5. The number of alkyl halides is 2. The number of ether oxygens (including phenoxy) is 1. The lowest BCUT2D eigenvalue weighted by atomic mass is 10.1. The van der Waals surface area contributed by atoms with E-state index in [4.69, 9.17) is 11.6 Å². The van der Waals surface area contributed by atoms with Gasteiger partial charge in [-0.3, -0.25) is 0 Å². The Labute approximate surface area is 127 Å². The van der Waals surface area contributed by atoms with E-state index in [0.29, 0.717) is 6.54 Å². The molecule has 0 heterocycles. The van der Waals surface area contributed by atoms with E-state index in [1.54, 1.807) is 12.1 Å². The molecule has 0 aliphatic carbocycles. The summed E-state index contributed by atoms with van der Waals surface area (Å²) in [6.07, 6.45) is 0. The Bertz CT molecular complexity index is 575. The molecule has 0 aliphatic rings. The molecule has 0 fully saturated rings. The molecule has 0 spiro atoms. The summed E-state index contributed by atoms with van der Waals surface area (Å²) in [5.74, 6) is 0.160. The van der Waals surface area contributed by atoms with Crippen molar-refractivity contribution in [2.75, 3.05) is 0 Å². The first-order valence-electron chi connectivity index (χ1n) is 6.58. The molecule has 1 atom stereocenters. The van der Waals surface area contributed by atoms with Crippen LogP contribution in [0.3, 0.4) is 0 Å². The molecule has 1 N–H and O–H groups in total. The van der Waals surface area contributed by atoms with E-state index in [0.717, 1.165) is 16.1 Å². The van der Waals surface area contributed by atoms with Gasteiger partial charge in [-0.1, -0.05) is 41.9 Å². The van der Waals surface area contributed by atoms with Crippen molar-refractivity contribution in [3.63, 3.8) is 0 Å². The predicted molar refractivity (Wildman–Crippen MR) is 79.8 cm³/mol. The van der Waals surface area contributed by atoms with Gasteiger partial charge in [-0.05, 0) is 36.2 Å². The van der Waals surface area contributed by atoms with E-state index in [1.165, 1.54) is 12.1 Å². The molecule has 0 amide bonds. The number of halogens is 3. The van der Waals surface area contributed by atoms with Crippen molar-refractivity contribution in [2.24, 2.45) is 0 Å². The fraction of sp³-hybridized carbons (Fsp3) is 0.250. The van der Waals surface area contributed by atoms with Crippen molar-refractivity contribution in [1.29, 1.82) is 0 Å². The van der Waals surface area contributed by atoms with Crippen molar-refractivity contribution in [1.82, 2.24) is 5.32 Å². The Kier molecular flexibility index (Phi) is 5.53. The summed E-state index contributed by atoms with van der Waals surface area (Å²) in [7, 11) is 0. The Morgan fingerprint density at radius 1 is 1.10 bits per heavy atom. The summed E-state index contributed by atoms with van der Waals surface area (Å²) in [5.41, 5.74) is 2.01. The van der Waals surface area contributed by atoms with Crippen LogP contribution in [0.25, 0.3) is 0 Å². The van der Waals surface area contributed by atoms with Gasteiger partial charge in [0.05, 0.1) is 0 Å². The van der Waals surface area contributed by atoms with Crippen LogP contribution in [0.1, 0.15) is 24.1 Å². The minimum absolute atomic E-state index is 0.0932. The Hall–Kier alpha value is -1.65. The zero-order valence-corrected chi connectivity index (χ0v) is 12.3. The first kappa shape index (κ1) is 15.7. The molecule has 21 heavy (non-hydrogen) atoms. The van der Waals surface area contributed by atoms with Gasteiger partial charge < -0.3 is 10.1 Å². The van der Waals surface area contributed by atoms with Crippen LogP contribution in [0.2, 0.25) is 5.02 Å². The van der Waals surface area contributed by atoms with Crippen molar-refractivity contribution in [3.05, 3.63) is 64.7 Å². The summed E-state index contributed by atoms with van der Waals surface area (Å²) < 4.78 is 28.4. The van der Waals surface area contributed by atoms with Gasteiger partial charge in [-0.25, -0.2) is 0 Å². The molecule has 0 saturated carbocycles. The highest BCUT2D eigenvalue weighted by Crippen LogP contribution is 2.22. The Morgan fingerprint density at radius 2 is 1.76 bits per heavy atom. The molecule has 0 unspecified atom stereocenters. The summed E-state index contributed by atoms with van der Waals surface area (Å²) in [6, 6.07) is 14.3. The molecule has 0 bridgehead atoms. The maximum atomic E-state index is 12.1. The van der Waals surface area contributed by atoms with Gasteiger partial charge in [0.1, 0.15) is 5.75 Å². The second-order valence-corrected chi connectivity index (χ2v) is 5.05. The second kappa shape index (κ2) is 7.38. The standard InChI is InChI=1S/C16H16ClF2NO/c1-11(14-4-2-3-5-15(14)17)20-10-12-6-8-13(9-7-12)21-16(18)19/h2-9,11,16,20H,10H2,1H3/t11-/m0/s1. The van der Waals surface area contributed by atoms with Crippen molar-refractivity contribution in [3.8, 4) is 5.75 Å². The van der Waals surface area contributed by atoms with E-state index in [-0.39, 0.29) is 11.8 Å². The smallest absolute Gasteiger partial charge is 0.387 e. The molecular formula is C16H16ClF2NO. The second-order valence-electron chi connectivity index (χ2n) is 4.65. The fourth-order valence-corrected chi connectivity index (χ4v) is 2.30. The fourth-order valence-electron chi connectivity index (χ4n) is 2.00. The monoisotopic (exact) mass is 311 g/mol. The van der Waals surface area contributed by atoms with Gasteiger partial charge >= 0.3 is 6.61 Å². The molecule has 2 aromatic carbocycles. The van der Waals surface area contributed by atoms with E-state index in [1.807, 2.05) is 31.2 Å². The molecule has 112 valence electrons. The molecule has 2 rings (SSSR count). The average molecular weight is 312 g/mol. The van der Waals surface area contributed by atoms with Gasteiger partial charge in [0.25, 0.3) is 0 Å². The summed E-state index contributed by atoms with van der Waals surface area (Å²) >= 11 is 6.14. The Balaban J connectivity index is 1.92. The van der Waals surface area contributed by atoms with Gasteiger partial charge in [0.15, 0.2) is 0 Å². The van der Waals surface area contributed by atoms with Crippen LogP contribution in [0.15, 0.2) is 48.5 Å². The lowest BCUT2D eigenvalue weighted by Gasteiger charge is -2.16. The van der Waals surface area contributed by atoms with Crippen LogP contribution < -0.4 is 10.1 Å². The molecule has 0 aliphatic heterocycles. The quantitative estimate of drug-likeness (QED) is 0.828. The van der Waals surface area contributed by atoms with Gasteiger partial charge in [-0.15, -0.1) is 0 Å².